The number of methoxy groups -OCH3 is 1. The zero-order valence-corrected chi connectivity index (χ0v) is 16.1. The largest absolute Gasteiger partial charge is 0.573 e. The van der Waals surface area contributed by atoms with E-state index in [2.05, 4.69) is 20.4 Å². The number of amides is 1. The van der Waals surface area contributed by atoms with Crippen LogP contribution in [0.4, 0.5) is 29.7 Å². The number of hydrogen-bond donors (Lipinski definition) is 2. The quantitative estimate of drug-likeness (QED) is 0.559. The highest BCUT2D eigenvalue weighted by atomic mass is 32.1. The van der Waals surface area contributed by atoms with Crippen molar-refractivity contribution in [3.63, 3.8) is 0 Å². The summed E-state index contributed by atoms with van der Waals surface area (Å²) in [5, 5.41) is 7.75. The third-order valence-electron chi connectivity index (χ3n) is 3.68. The van der Waals surface area contributed by atoms with Gasteiger partial charge in [0.25, 0.3) is 5.91 Å². The summed E-state index contributed by atoms with van der Waals surface area (Å²) in [5.41, 5.74) is 2.22. The third kappa shape index (κ3) is 5.61. The molecule has 1 amide bonds. The summed E-state index contributed by atoms with van der Waals surface area (Å²) in [6.45, 7) is 1.94. The lowest BCUT2D eigenvalue weighted by molar-refractivity contribution is -0.274. The first kappa shape index (κ1) is 20.5. The van der Waals surface area contributed by atoms with E-state index in [-0.39, 0.29) is 11.4 Å². The molecule has 2 aromatic carbocycles. The smallest absolute Gasteiger partial charge is 0.495 e. The highest BCUT2D eigenvalue weighted by Gasteiger charge is 2.31. The fraction of sp³-hybridized carbons (Fsp3) is 0.158. The maximum absolute atomic E-state index is 12.3. The Balaban J connectivity index is 1.66. The molecule has 0 radical (unpaired) electrons. The van der Waals surface area contributed by atoms with E-state index in [1.807, 2.05) is 25.1 Å². The summed E-state index contributed by atoms with van der Waals surface area (Å²) in [6.07, 6.45) is -4.77. The molecule has 29 heavy (non-hydrogen) atoms. The molecule has 10 heteroatoms. The second-order valence-electron chi connectivity index (χ2n) is 5.89. The number of anilines is 3. The zero-order valence-electron chi connectivity index (χ0n) is 15.3. The average molecular weight is 423 g/mol. The van der Waals surface area contributed by atoms with Crippen molar-refractivity contribution in [2.75, 3.05) is 17.7 Å². The van der Waals surface area contributed by atoms with Gasteiger partial charge in [-0.2, -0.15) is 0 Å². The zero-order chi connectivity index (χ0) is 21.0. The van der Waals surface area contributed by atoms with Gasteiger partial charge in [0.2, 0.25) is 0 Å². The Morgan fingerprint density at radius 2 is 1.86 bits per heavy atom. The van der Waals surface area contributed by atoms with Gasteiger partial charge in [0.15, 0.2) is 5.13 Å². The summed E-state index contributed by atoms with van der Waals surface area (Å²) >= 11 is 1.23. The molecular formula is C19H16F3N3O3S. The molecule has 0 bridgehead atoms. The summed E-state index contributed by atoms with van der Waals surface area (Å²) in [7, 11) is 1.56. The summed E-state index contributed by atoms with van der Waals surface area (Å²) in [4.78, 5) is 16.6. The normalized spacial score (nSPS) is 11.1. The predicted octanol–water partition coefficient (Wildman–Crippen LogP) is 5.35. The Hall–Kier alpha value is -3.27. The van der Waals surface area contributed by atoms with Crippen LogP contribution >= 0.6 is 11.3 Å². The number of rotatable bonds is 6. The number of halogens is 3. The predicted molar refractivity (Wildman–Crippen MR) is 104 cm³/mol. The highest BCUT2D eigenvalue weighted by Crippen LogP contribution is 2.30. The molecule has 0 saturated heterocycles. The molecule has 0 unspecified atom stereocenters. The summed E-state index contributed by atoms with van der Waals surface area (Å²) in [6, 6.07) is 10.5. The Morgan fingerprint density at radius 1 is 1.14 bits per heavy atom. The topological polar surface area (TPSA) is 72.5 Å². The van der Waals surface area contributed by atoms with E-state index in [9.17, 15) is 18.0 Å². The summed E-state index contributed by atoms with van der Waals surface area (Å²) < 4.78 is 45.7. The Morgan fingerprint density at radius 3 is 2.52 bits per heavy atom. The van der Waals surface area contributed by atoms with Crippen LogP contribution in [0.5, 0.6) is 11.5 Å². The molecule has 0 fully saturated rings. The molecule has 3 rings (SSSR count). The standard InChI is InChI=1S/C19H16F3N3O3S/c1-11-3-8-16(27-2)14(9-11)24-18-25-15(10-29-18)17(26)23-12-4-6-13(7-5-12)28-19(20,21)22/h3-10H,1-2H3,(H,23,26)(H,24,25). The lowest BCUT2D eigenvalue weighted by atomic mass is 10.2. The minimum atomic E-state index is -4.77. The molecule has 1 heterocycles. The molecule has 2 N–H and O–H groups in total. The van der Waals surface area contributed by atoms with Crippen LogP contribution in [-0.4, -0.2) is 24.4 Å². The van der Waals surface area contributed by atoms with Gasteiger partial charge in [0, 0.05) is 11.1 Å². The number of carbonyl (C=O) groups excluding carboxylic acids is 1. The SMILES string of the molecule is COc1ccc(C)cc1Nc1nc(C(=O)Nc2ccc(OC(F)(F)F)cc2)cs1. The van der Waals surface area contributed by atoms with E-state index in [0.717, 1.165) is 17.7 Å². The second kappa shape index (κ2) is 8.39. The van der Waals surface area contributed by atoms with Gasteiger partial charge < -0.3 is 20.1 Å². The van der Waals surface area contributed by atoms with Crippen molar-refractivity contribution in [1.29, 1.82) is 0 Å². The minimum Gasteiger partial charge on any atom is -0.495 e. The van der Waals surface area contributed by atoms with Gasteiger partial charge in [0.05, 0.1) is 12.8 Å². The van der Waals surface area contributed by atoms with Gasteiger partial charge in [-0.25, -0.2) is 4.98 Å². The first-order chi connectivity index (χ1) is 13.7. The molecule has 1 aromatic heterocycles. The first-order valence-corrected chi connectivity index (χ1v) is 9.16. The van der Waals surface area contributed by atoms with Crippen LogP contribution in [0.3, 0.4) is 0 Å². The molecule has 0 aliphatic rings. The number of alkyl halides is 3. The molecule has 0 aliphatic heterocycles. The van der Waals surface area contributed by atoms with Crippen LogP contribution in [0.25, 0.3) is 0 Å². The molecule has 3 aromatic rings. The van der Waals surface area contributed by atoms with E-state index in [1.54, 1.807) is 12.5 Å². The lowest BCUT2D eigenvalue weighted by Crippen LogP contribution is -2.17. The second-order valence-corrected chi connectivity index (χ2v) is 6.75. The fourth-order valence-corrected chi connectivity index (χ4v) is 3.11. The number of nitrogens with one attached hydrogen (secondary N) is 2. The number of hydrogen-bond acceptors (Lipinski definition) is 6. The van der Waals surface area contributed by atoms with E-state index in [0.29, 0.717) is 22.3 Å². The van der Waals surface area contributed by atoms with E-state index in [1.165, 1.54) is 23.5 Å². The third-order valence-corrected chi connectivity index (χ3v) is 4.44. The van der Waals surface area contributed by atoms with Crippen LogP contribution in [0.15, 0.2) is 47.8 Å². The average Bonchev–Trinajstić information content (AvgIpc) is 3.11. The van der Waals surface area contributed by atoms with E-state index >= 15 is 0 Å². The molecule has 152 valence electrons. The van der Waals surface area contributed by atoms with Crippen LogP contribution < -0.4 is 20.1 Å². The number of nitrogens with zero attached hydrogens (tertiary/aromatic N) is 1. The Labute approximate surface area is 168 Å². The Bertz CT molecular complexity index is 1000. The number of ether oxygens (including phenoxy) is 2. The number of thiazole rings is 1. The van der Waals surface area contributed by atoms with Gasteiger partial charge in [-0.05, 0) is 48.9 Å². The van der Waals surface area contributed by atoms with Crippen molar-refractivity contribution in [2.24, 2.45) is 0 Å². The highest BCUT2D eigenvalue weighted by molar-refractivity contribution is 7.14. The van der Waals surface area contributed by atoms with Crippen molar-refractivity contribution >= 4 is 33.8 Å². The number of carbonyl (C=O) groups is 1. The molecular weight excluding hydrogens is 407 g/mol. The number of aromatic nitrogens is 1. The van der Waals surface area contributed by atoms with Crippen LogP contribution in [-0.2, 0) is 0 Å². The van der Waals surface area contributed by atoms with Crippen LogP contribution in [0.2, 0.25) is 0 Å². The molecule has 0 spiro atoms. The van der Waals surface area contributed by atoms with Gasteiger partial charge in [-0.15, -0.1) is 24.5 Å². The minimum absolute atomic E-state index is 0.166. The monoisotopic (exact) mass is 423 g/mol. The molecule has 6 nitrogen and oxygen atoms in total. The van der Waals surface area contributed by atoms with E-state index in [4.69, 9.17) is 4.74 Å². The molecule has 0 aliphatic carbocycles. The van der Waals surface area contributed by atoms with Crippen LogP contribution in [0, 0.1) is 6.92 Å². The van der Waals surface area contributed by atoms with Crippen LogP contribution in [0.1, 0.15) is 16.1 Å². The van der Waals surface area contributed by atoms with Crippen molar-refractivity contribution in [3.05, 3.63) is 59.1 Å². The summed E-state index contributed by atoms with van der Waals surface area (Å²) in [5.74, 6) is -0.226. The van der Waals surface area contributed by atoms with Crippen molar-refractivity contribution in [3.8, 4) is 11.5 Å². The fourth-order valence-electron chi connectivity index (χ4n) is 2.41. The first-order valence-electron chi connectivity index (χ1n) is 8.28. The van der Waals surface area contributed by atoms with Gasteiger partial charge >= 0.3 is 6.36 Å². The van der Waals surface area contributed by atoms with Crippen molar-refractivity contribution < 1.29 is 27.4 Å². The molecule has 0 atom stereocenters. The van der Waals surface area contributed by atoms with E-state index < -0.39 is 12.3 Å². The van der Waals surface area contributed by atoms with Crippen molar-refractivity contribution in [2.45, 2.75) is 13.3 Å². The molecule has 0 saturated carbocycles. The maximum atomic E-state index is 12.3. The van der Waals surface area contributed by atoms with Gasteiger partial charge in [-0.1, -0.05) is 6.07 Å². The van der Waals surface area contributed by atoms with Gasteiger partial charge in [0.1, 0.15) is 17.2 Å². The maximum Gasteiger partial charge on any atom is 0.573 e. The van der Waals surface area contributed by atoms with Gasteiger partial charge in [-0.3, -0.25) is 4.79 Å². The lowest BCUT2D eigenvalue weighted by Gasteiger charge is -2.10. The number of aryl methyl sites for hydroxylation is 1. The number of benzene rings is 2. The Kier molecular flexibility index (Phi) is 5.92. The van der Waals surface area contributed by atoms with Crippen molar-refractivity contribution in [1.82, 2.24) is 4.98 Å².